The Bertz CT molecular complexity index is 644. The summed E-state index contributed by atoms with van der Waals surface area (Å²) >= 11 is 7.66. The molecule has 0 fully saturated rings. The summed E-state index contributed by atoms with van der Waals surface area (Å²) in [5.41, 5.74) is 2.45. The summed E-state index contributed by atoms with van der Waals surface area (Å²) in [5, 5.41) is 3.70. The van der Waals surface area contributed by atoms with Crippen molar-refractivity contribution >= 4 is 29.3 Å². The maximum atomic E-state index is 11.8. The van der Waals surface area contributed by atoms with E-state index in [-0.39, 0.29) is 5.91 Å². The Morgan fingerprint density at radius 3 is 2.56 bits per heavy atom. The van der Waals surface area contributed by atoms with Gasteiger partial charge in [0, 0.05) is 29.5 Å². The molecule has 0 unspecified atom stereocenters. The molecule has 134 valence electrons. The second-order valence-corrected chi connectivity index (χ2v) is 7.34. The molecule has 1 amide bonds. The molecular weight excluding hydrogens is 354 g/mol. The first-order valence-electron chi connectivity index (χ1n) is 8.42. The molecule has 0 atom stereocenters. The van der Waals surface area contributed by atoms with Gasteiger partial charge in [0.25, 0.3) is 0 Å². The van der Waals surface area contributed by atoms with Crippen LogP contribution >= 0.6 is 23.4 Å². The Kier molecular flexibility index (Phi) is 8.70. The molecule has 3 nitrogen and oxygen atoms in total. The SMILES string of the molecule is Cc1ccc(OCCCC(=O)NCCSCc2ccc(Cl)cc2)cc1. The van der Waals surface area contributed by atoms with E-state index in [0.717, 1.165) is 28.7 Å². The molecular formula is C20H24ClNO2S. The Balaban J connectivity index is 1.48. The molecule has 5 heteroatoms. The zero-order chi connectivity index (χ0) is 17.9. The number of benzene rings is 2. The van der Waals surface area contributed by atoms with Gasteiger partial charge in [0.05, 0.1) is 6.61 Å². The van der Waals surface area contributed by atoms with Gasteiger partial charge in [-0.2, -0.15) is 11.8 Å². The van der Waals surface area contributed by atoms with Crippen LogP contribution in [-0.4, -0.2) is 24.8 Å². The summed E-state index contributed by atoms with van der Waals surface area (Å²) in [5.74, 6) is 2.76. The molecule has 0 aliphatic heterocycles. The van der Waals surface area contributed by atoms with Gasteiger partial charge in [-0.1, -0.05) is 41.4 Å². The molecule has 0 saturated carbocycles. The van der Waals surface area contributed by atoms with Crippen LogP contribution in [0.5, 0.6) is 5.75 Å². The van der Waals surface area contributed by atoms with Crippen LogP contribution in [0.3, 0.4) is 0 Å². The van der Waals surface area contributed by atoms with Gasteiger partial charge in [0.2, 0.25) is 5.91 Å². The van der Waals surface area contributed by atoms with E-state index in [2.05, 4.69) is 5.32 Å². The van der Waals surface area contributed by atoms with E-state index in [1.54, 1.807) is 11.8 Å². The van der Waals surface area contributed by atoms with Gasteiger partial charge in [0.15, 0.2) is 0 Å². The van der Waals surface area contributed by atoms with E-state index in [0.29, 0.717) is 19.6 Å². The highest BCUT2D eigenvalue weighted by Crippen LogP contribution is 2.15. The highest BCUT2D eigenvalue weighted by atomic mass is 35.5. The fraction of sp³-hybridized carbons (Fsp3) is 0.350. The van der Waals surface area contributed by atoms with Crippen molar-refractivity contribution < 1.29 is 9.53 Å². The second kappa shape index (κ2) is 11.1. The van der Waals surface area contributed by atoms with Gasteiger partial charge in [-0.25, -0.2) is 0 Å². The van der Waals surface area contributed by atoms with Crippen LogP contribution in [0.4, 0.5) is 0 Å². The third-order valence-corrected chi connectivity index (χ3v) is 4.87. The zero-order valence-corrected chi connectivity index (χ0v) is 16.0. The Hall–Kier alpha value is -1.65. The molecule has 0 saturated heterocycles. The predicted molar refractivity (Wildman–Crippen MR) is 107 cm³/mol. The number of halogens is 1. The number of amides is 1. The van der Waals surface area contributed by atoms with E-state index in [1.807, 2.05) is 55.5 Å². The van der Waals surface area contributed by atoms with Crippen molar-refractivity contribution in [3.8, 4) is 5.75 Å². The van der Waals surface area contributed by atoms with Crippen molar-refractivity contribution in [2.75, 3.05) is 18.9 Å². The average Bonchev–Trinajstić information content (AvgIpc) is 2.61. The van der Waals surface area contributed by atoms with Gasteiger partial charge in [-0.3, -0.25) is 4.79 Å². The highest BCUT2D eigenvalue weighted by molar-refractivity contribution is 7.98. The summed E-state index contributed by atoms with van der Waals surface area (Å²) in [6, 6.07) is 15.8. The van der Waals surface area contributed by atoms with Crippen molar-refractivity contribution in [3.63, 3.8) is 0 Å². The van der Waals surface area contributed by atoms with Gasteiger partial charge in [-0.05, 0) is 43.2 Å². The lowest BCUT2D eigenvalue weighted by Crippen LogP contribution is -2.25. The zero-order valence-electron chi connectivity index (χ0n) is 14.5. The number of rotatable bonds is 10. The first-order valence-corrected chi connectivity index (χ1v) is 9.95. The third kappa shape index (κ3) is 8.32. The summed E-state index contributed by atoms with van der Waals surface area (Å²) in [7, 11) is 0. The summed E-state index contributed by atoms with van der Waals surface area (Å²) in [6.45, 7) is 3.29. The van der Waals surface area contributed by atoms with Crippen molar-refractivity contribution in [1.82, 2.24) is 5.32 Å². The lowest BCUT2D eigenvalue weighted by molar-refractivity contribution is -0.121. The highest BCUT2D eigenvalue weighted by Gasteiger charge is 2.01. The smallest absolute Gasteiger partial charge is 0.220 e. The number of carbonyl (C=O) groups is 1. The third-order valence-electron chi connectivity index (χ3n) is 3.59. The Morgan fingerprint density at radius 2 is 1.84 bits per heavy atom. The van der Waals surface area contributed by atoms with Crippen LogP contribution in [0.25, 0.3) is 0 Å². The second-order valence-electron chi connectivity index (χ2n) is 5.79. The summed E-state index contributed by atoms with van der Waals surface area (Å²) < 4.78 is 5.62. The number of aryl methyl sites for hydroxylation is 1. The Labute approximate surface area is 159 Å². The number of thioether (sulfide) groups is 1. The summed E-state index contributed by atoms with van der Waals surface area (Å²) in [6.07, 6.45) is 1.21. The molecule has 2 rings (SSSR count). The van der Waals surface area contributed by atoms with Gasteiger partial charge in [-0.15, -0.1) is 0 Å². The van der Waals surface area contributed by atoms with Crippen LogP contribution in [0.1, 0.15) is 24.0 Å². The van der Waals surface area contributed by atoms with Crippen LogP contribution < -0.4 is 10.1 Å². The number of nitrogens with one attached hydrogen (secondary N) is 1. The van der Waals surface area contributed by atoms with Gasteiger partial charge < -0.3 is 10.1 Å². The van der Waals surface area contributed by atoms with Gasteiger partial charge >= 0.3 is 0 Å². The van der Waals surface area contributed by atoms with Crippen molar-refractivity contribution in [3.05, 3.63) is 64.7 Å². The monoisotopic (exact) mass is 377 g/mol. The van der Waals surface area contributed by atoms with Crippen molar-refractivity contribution in [1.29, 1.82) is 0 Å². The molecule has 2 aromatic rings. The number of hydrogen-bond donors (Lipinski definition) is 1. The van der Waals surface area contributed by atoms with E-state index >= 15 is 0 Å². The molecule has 0 spiro atoms. The molecule has 0 radical (unpaired) electrons. The molecule has 0 heterocycles. The largest absolute Gasteiger partial charge is 0.494 e. The van der Waals surface area contributed by atoms with Crippen molar-refractivity contribution in [2.45, 2.75) is 25.5 Å². The minimum atomic E-state index is 0.0830. The fourth-order valence-corrected chi connectivity index (χ4v) is 3.12. The summed E-state index contributed by atoms with van der Waals surface area (Å²) in [4.78, 5) is 11.8. The number of hydrogen-bond acceptors (Lipinski definition) is 3. The average molecular weight is 378 g/mol. The minimum absolute atomic E-state index is 0.0830. The molecule has 25 heavy (non-hydrogen) atoms. The Morgan fingerprint density at radius 1 is 1.12 bits per heavy atom. The predicted octanol–water partition coefficient (Wildman–Crippen LogP) is 4.86. The van der Waals surface area contributed by atoms with Crippen LogP contribution in [-0.2, 0) is 10.5 Å². The number of carbonyl (C=O) groups excluding carboxylic acids is 1. The van der Waals surface area contributed by atoms with Crippen LogP contribution in [0, 0.1) is 6.92 Å². The topological polar surface area (TPSA) is 38.3 Å². The maximum Gasteiger partial charge on any atom is 0.220 e. The first-order chi connectivity index (χ1) is 12.1. The standard InChI is InChI=1S/C20H24ClNO2S/c1-16-4-10-19(11-5-16)24-13-2-3-20(23)22-12-14-25-15-17-6-8-18(21)9-7-17/h4-11H,2-3,12-15H2,1H3,(H,22,23). The fourth-order valence-electron chi connectivity index (χ4n) is 2.18. The van der Waals surface area contributed by atoms with E-state index in [9.17, 15) is 4.79 Å². The lowest BCUT2D eigenvalue weighted by Gasteiger charge is -2.07. The van der Waals surface area contributed by atoms with Crippen LogP contribution in [0.2, 0.25) is 5.02 Å². The van der Waals surface area contributed by atoms with E-state index in [1.165, 1.54) is 11.1 Å². The molecule has 0 aliphatic rings. The lowest BCUT2D eigenvalue weighted by atomic mass is 10.2. The molecule has 0 aromatic heterocycles. The van der Waals surface area contributed by atoms with Gasteiger partial charge in [0.1, 0.15) is 5.75 Å². The van der Waals surface area contributed by atoms with Crippen molar-refractivity contribution in [2.24, 2.45) is 0 Å². The number of ether oxygens (including phenoxy) is 1. The minimum Gasteiger partial charge on any atom is -0.494 e. The van der Waals surface area contributed by atoms with E-state index < -0.39 is 0 Å². The molecule has 1 N–H and O–H groups in total. The molecule has 2 aromatic carbocycles. The quantitative estimate of drug-likeness (QED) is 0.601. The normalized spacial score (nSPS) is 10.5. The molecule has 0 aliphatic carbocycles. The van der Waals surface area contributed by atoms with Crippen LogP contribution in [0.15, 0.2) is 48.5 Å². The molecule has 0 bridgehead atoms. The first kappa shape index (κ1) is 19.7. The maximum absolute atomic E-state index is 11.8. The van der Waals surface area contributed by atoms with E-state index in [4.69, 9.17) is 16.3 Å².